The van der Waals surface area contributed by atoms with Crippen molar-refractivity contribution < 1.29 is 4.79 Å². The molecule has 1 fully saturated rings. The van der Waals surface area contributed by atoms with Crippen molar-refractivity contribution in [1.29, 1.82) is 0 Å². The van der Waals surface area contributed by atoms with Crippen molar-refractivity contribution in [3.8, 4) is 0 Å². The van der Waals surface area contributed by atoms with Gasteiger partial charge in [0.25, 0.3) is 0 Å². The van der Waals surface area contributed by atoms with Gasteiger partial charge in [-0.2, -0.15) is 0 Å². The number of nitrogens with one attached hydrogen (secondary N) is 1. The van der Waals surface area contributed by atoms with Crippen LogP contribution in [0.15, 0.2) is 18.3 Å². The Morgan fingerprint density at radius 2 is 1.73 bits per heavy atom. The minimum absolute atomic E-state index is 0. The molecule has 0 radical (unpaired) electrons. The quantitative estimate of drug-likeness (QED) is 0.613. The molecule has 0 unspecified atom stereocenters. The number of carbonyl (C=O) groups excluding carboxylic acids is 1. The van der Waals surface area contributed by atoms with E-state index in [0.29, 0.717) is 13.0 Å². The minimum atomic E-state index is 0. The molecule has 1 amide bonds. The predicted molar refractivity (Wildman–Crippen MR) is 113 cm³/mol. The average Bonchev–Trinajstić information content (AvgIpc) is 2.90. The van der Waals surface area contributed by atoms with Gasteiger partial charge in [-0.05, 0) is 43.9 Å². The largest absolute Gasteiger partial charge is 0.357 e. The Morgan fingerprint density at radius 3 is 2.35 bits per heavy atom. The highest BCUT2D eigenvalue weighted by atomic mass is 35.5. The van der Waals surface area contributed by atoms with Crippen LogP contribution in [-0.2, 0) is 11.3 Å². The molecule has 0 atom stereocenters. The summed E-state index contributed by atoms with van der Waals surface area (Å²) in [5.74, 6) is 1.19. The molecule has 150 valence electrons. The fraction of sp³-hybridized carbons (Fsp3) is 0.684. The molecule has 2 rings (SSSR count). The van der Waals surface area contributed by atoms with Crippen molar-refractivity contribution in [2.75, 3.05) is 24.5 Å². The van der Waals surface area contributed by atoms with Gasteiger partial charge in [0.15, 0.2) is 0 Å². The maximum atomic E-state index is 11.8. The number of unbranched alkanes of at least 4 members (excludes halogenated alkanes) is 3. The Bertz CT molecular complexity index is 477. The lowest BCUT2D eigenvalue weighted by molar-refractivity contribution is -0.121. The molecule has 0 spiro atoms. The fourth-order valence-electron chi connectivity index (χ4n) is 3.08. The molecule has 0 aliphatic carbocycles. The maximum absolute atomic E-state index is 11.8. The van der Waals surface area contributed by atoms with Crippen molar-refractivity contribution >= 4 is 36.5 Å². The Hall–Kier alpha value is -1.04. The molecule has 3 N–H and O–H groups in total. The molecule has 7 heteroatoms. The topological polar surface area (TPSA) is 71.2 Å². The molecule has 1 aromatic rings. The normalized spacial score (nSPS) is 14.0. The second kappa shape index (κ2) is 15.1. The summed E-state index contributed by atoms with van der Waals surface area (Å²) < 4.78 is 0. The van der Waals surface area contributed by atoms with E-state index >= 15 is 0 Å². The number of anilines is 1. The minimum Gasteiger partial charge on any atom is -0.357 e. The SMILES string of the molecule is Cl.Cl.NCCCCCCC(=O)NCc1ccc(N2CCCCCC2)nc1. The number of aromatic nitrogens is 1. The van der Waals surface area contributed by atoms with Gasteiger partial charge in [0.1, 0.15) is 5.82 Å². The Kier molecular flexibility index (Phi) is 14.5. The van der Waals surface area contributed by atoms with Crippen molar-refractivity contribution in [1.82, 2.24) is 10.3 Å². The van der Waals surface area contributed by atoms with Gasteiger partial charge < -0.3 is 16.0 Å². The molecule has 5 nitrogen and oxygen atoms in total. The maximum Gasteiger partial charge on any atom is 0.220 e. The van der Waals surface area contributed by atoms with Gasteiger partial charge in [-0.15, -0.1) is 24.8 Å². The smallest absolute Gasteiger partial charge is 0.220 e. The van der Waals surface area contributed by atoms with Gasteiger partial charge in [0, 0.05) is 32.3 Å². The number of nitrogens with zero attached hydrogens (tertiary/aromatic N) is 2. The Morgan fingerprint density at radius 1 is 1.04 bits per heavy atom. The number of pyridine rings is 1. The van der Waals surface area contributed by atoms with E-state index in [1.54, 1.807) is 0 Å². The number of hydrogen-bond acceptors (Lipinski definition) is 4. The molecule has 1 saturated heterocycles. The number of halogens is 2. The van der Waals surface area contributed by atoms with Gasteiger partial charge >= 0.3 is 0 Å². The zero-order valence-electron chi connectivity index (χ0n) is 15.6. The van der Waals surface area contributed by atoms with E-state index in [1.807, 2.05) is 6.20 Å². The van der Waals surface area contributed by atoms with Gasteiger partial charge in [0.05, 0.1) is 0 Å². The number of rotatable bonds is 9. The predicted octanol–water partition coefficient (Wildman–Crippen LogP) is 3.83. The molecule has 0 aromatic carbocycles. The number of nitrogens with two attached hydrogens (primary N) is 1. The second-order valence-corrected chi connectivity index (χ2v) is 6.66. The summed E-state index contributed by atoms with van der Waals surface area (Å²) in [6.45, 7) is 3.52. The Balaban J connectivity index is 0.00000312. The summed E-state index contributed by atoms with van der Waals surface area (Å²) in [6.07, 6.45) is 11.8. The fourth-order valence-corrected chi connectivity index (χ4v) is 3.08. The molecule has 0 saturated carbocycles. The van der Waals surface area contributed by atoms with Gasteiger partial charge in [0.2, 0.25) is 5.91 Å². The molecular weight excluding hydrogens is 371 g/mol. The molecule has 2 heterocycles. The van der Waals surface area contributed by atoms with E-state index in [1.165, 1.54) is 25.7 Å². The first kappa shape index (κ1) is 25.0. The van der Waals surface area contributed by atoms with Gasteiger partial charge in [-0.25, -0.2) is 4.98 Å². The average molecular weight is 405 g/mol. The van der Waals surface area contributed by atoms with Crippen LogP contribution in [-0.4, -0.2) is 30.5 Å². The number of carbonyl (C=O) groups is 1. The van der Waals surface area contributed by atoms with Crippen LogP contribution in [0.1, 0.15) is 63.4 Å². The first-order valence-electron chi connectivity index (χ1n) is 9.46. The van der Waals surface area contributed by atoms with Crippen LogP contribution in [0.5, 0.6) is 0 Å². The van der Waals surface area contributed by atoms with E-state index < -0.39 is 0 Å². The molecule has 0 bridgehead atoms. The van der Waals surface area contributed by atoms with Gasteiger partial charge in [-0.3, -0.25) is 4.79 Å². The van der Waals surface area contributed by atoms with Crippen LogP contribution in [0, 0.1) is 0 Å². The van der Waals surface area contributed by atoms with Gasteiger partial charge in [-0.1, -0.05) is 31.7 Å². The lowest BCUT2D eigenvalue weighted by Crippen LogP contribution is -2.25. The number of hydrogen-bond donors (Lipinski definition) is 2. The monoisotopic (exact) mass is 404 g/mol. The summed E-state index contributed by atoms with van der Waals surface area (Å²) in [7, 11) is 0. The highest BCUT2D eigenvalue weighted by molar-refractivity contribution is 5.85. The zero-order valence-corrected chi connectivity index (χ0v) is 17.3. The van der Waals surface area contributed by atoms with E-state index in [9.17, 15) is 4.79 Å². The Labute approximate surface area is 170 Å². The highest BCUT2D eigenvalue weighted by Gasteiger charge is 2.10. The summed E-state index contributed by atoms with van der Waals surface area (Å²) in [6, 6.07) is 4.16. The second-order valence-electron chi connectivity index (χ2n) is 6.66. The summed E-state index contributed by atoms with van der Waals surface area (Å²) in [5, 5.41) is 2.98. The molecule has 1 aromatic heterocycles. The molecule has 1 aliphatic heterocycles. The summed E-state index contributed by atoms with van der Waals surface area (Å²) in [4.78, 5) is 18.8. The lowest BCUT2D eigenvalue weighted by atomic mass is 10.1. The standard InChI is InChI=1S/C19H32N4O.2ClH/c20-12-6-2-1-5-9-19(24)22-16-17-10-11-18(21-15-17)23-13-7-3-4-8-14-23;;/h10-11,15H,1-9,12-14,16,20H2,(H,22,24);2*1H. The molecule has 26 heavy (non-hydrogen) atoms. The third-order valence-electron chi connectivity index (χ3n) is 4.59. The van der Waals surface area contributed by atoms with Crippen LogP contribution in [0.2, 0.25) is 0 Å². The zero-order chi connectivity index (χ0) is 17.0. The van der Waals surface area contributed by atoms with Crippen molar-refractivity contribution in [3.63, 3.8) is 0 Å². The third kappa shape index (κ3) is 9.60. The highest BCUT2D eigenvalue weighted by Crippen LogP contribution is 2.17. The van der Waals surface area contributed by atoms with E-state index in [0.717, 1.165) is 56.7 Å². The van der Waals surface area contributed by atoms with Crippen molar-refractivity contribution in [3.05, 3.63) is 23.9 Å². The van der Waals surface area contributed by atoms with Crippen molar-refractivity contribution in [2.45, 2.75) is 64.3 Å². The van der Waals surface area contributed by atoms with Crippen LogP contribution in [0.25, 0.3) is 0 Å². The first-order valence-corrected chi connectivity index (χ1v) is 9.46. The van der Waals surface area contributed by atoms with E-state index in [2.05, 4.69) is 27.3 Å². The van der Waals surface area contributed by atoms with Crippen molar-refractivity contribution in [2.24, 2.45) is 5.73 Å². The van der Waals surface area contributed by atoms with Crippen LogP contribution < -0.4 is 16.0 Å². The summed E-state index contributed by atoms with van der Waals surface area (Å²) >= 11 is 0. The number of amides is 1. The summed E-state index contributed by atoms with van der Waals surface area (Å²) in [5.41, 5.74) is 6.52. The van der Waals surface area contributed by atoms with E-state index in [4.69, 9.17) is 5.73 Å². The van der Waals surface area contributed by atoms with Crippen LogP contribution >= 0.6 is 24.8 Å². The molecule has 1 aliphatic rings. The van der Waals surface area contributed by atoms with E-state index in [-0.39, 0.29) is 30.7 Å². The molecular formula is C19H34Cl2N4O. The third-order valence-corrected chi connectivity index (χ3v) is 4.59. The van der Waals surface area contributed by atoms with Crippen LogP contribution in [0.3, 0.4) is 0 Å². The first-order chi connectivity index (χ1) is 11.8. The van der Waals surface area contributed by atoms with Crippen LogP contribution in [0.4, 0.5) is 5.82 Å². The lowest BCUT2D eigenvalue weighted by Gasteiger charge is -2.21.